The predicted octanol–water partition coefficient (Wildman–Crippen LogP) is 5.70. The van der Waals surface area contributed by atoms with Gasteiger partial charge in [-0.05, 0) is 40.0 Å². The molecule has 1 rings (SSSR count). The van der Waals surface area contributed by atoms with Crippen molar-refractivity contribution in [3.63, 3.8) is 0 Å². The minimum atomic E-state index is -0.898. The van der Waals surface area contributed by atoms with Gasteiger partial charge in [-0.1, -0.05) is 51.9 Å². The minimum Gasteiger partial charge on any atom is -0.379 e. The van der Waals surface area contributed by atoms with Crippen LogP contribution in [0.4, 0.5) is 0 Å². The molecule has 0 amide bonds. The van der Waals surface area contributed by atoms with E-state index in [9.17, 15) is 0 Å². The van der Waals surface area contributed by atoms with Gasteiger partial charge in [-0.15, -0.1) is 0 Å². The molecular weight excluding hydrogens is 356 g/mol. The lowest BCUT2D eigenvalue weighted by Gasteiger charge is -2.39. The highest BCUT2D eigenvalue weighted by molar-refractivity contribution is 4.73. The zero-order chi connectivity index (χ0) is 20.5. The van der Waals surface area contributed by atoms with E-state index in [0.29, 0.717) is 25.9 Å². The fourth-order valence-electron chi connectivity index (χ4n) is 3.72. The van der Waals surface area contributed by atoms with Crippen molar-refractivity contribution in [1.82, 2.24) is 0 Å². The van der Waals surface area contributed by atoms with E-state index in [-0.39, 0.29) is 5.92 Å². The van der Waals surface area contributed by atoms with Crippen molar-refractivity contribution in [3.05, 3.63) is 0 Å². The summed E-state index contributed by atoms with van der Waals surface area (Å²) in [5.41, 5.74) is 0. The van der Waals surface area contributed by atoms with Gasteiger partial charge in [0, 0.05) is 32.3 Å². The van der Waals surface area contributed by atoms with Gasteiger partial charge in [0.2, 0.25) is 0 Å². The Morgan fingerprint density at radius 2 is 1.32 bits per heavy atom. The molecule has 1 saturated heterocycles. The fourth-order valence-corrected chi connectivity index (χ4v) is 3.72. The monoisotopic (exact) mass is 402 g/mol. The second-order valence-electron chi connectivity index (χ2n) is 7.68. The molecule has 1 heterocycles. The second-order valence-corrected chi connectivity index (χ2v) is 7.68. The molecule has 0 aromatic heterocycles. The van der Waals surface area contributed by atoms with Gasteiger partial charge in [0.1, 0.15) is 6.10 Å². The van der Waals surface area contributed by atoms with Crippen LogP contribution in [0.25, 0.3) is 0 Å². The molecule has 0 aromatic rings. The molecule has 0 saturated carbocycles. The highest BCUT2D eigenvalue weighted by Crippen LogP contribution is 2.34. The molecule has 168 valence electrons. The molecule has 5 nitrogen and oxygen atoms in total. The molecule has 1 fully saturated rings. The highest BCUT2D eigenvalue weighted by atomic mass is 16.9. The lowest BCUT2D eigenvalue weighted by molar-refractivity contribution is -0.403. The van der Waals surface area contributed by atoms with E-state index in [4.69, 9.17) is 23.7 Å². The SMILES string of the molecule is CCCCCCCCC(CCCCOCC1CO1)C(OCC)(OCC)OCC. The van der Waals surface area contributed by atoms with Gasteiger partial charge >= 0.3 is 0 Å². The van der Waals surface area contributed by atoms with Gasteiger partial charge < -0.3 is 23.7 Å². The number of ether oxygens (including phenoxy) is 5. The van der Waals surface area contributed by atoms with E-state index in [2.05, 4.69) is 6.92 Å². The van der Waals surface area contributed by atoms with E-state index in [1.807, 2.05) is 20.8 Å². The van der Waals surface area contributed by atoms with Crippen LogP contribution in [-0.2, 0) is 23.7 Å². The Morgan fingerprint density at radius 1 is 0.786 bits per heavy atom. The van der Waals surface area contributed by atoms with Gasteiger partial charge in [0.25, 0.3) is 5.97 Å². The molecule has 0 radical (unpaired) electrons. The fraction of sp³-hybridized carbons (Fsp3) is 1.00. The van der Waals surface area contributed by atoms with E-state index >= 15 is 0 Å². The van der Waals surface area contributed by atoms with Crippen LogP contribution in [0.1, 0.15) is 91.9 Å². The number of unbranched alkanes of at least 4 members (excludes halogenated alkanes) is 6. The summed E-state index contributed by atoms with van der Waals surface area (Å²) < 4.78 is 29.1. The lowest BCUT2D eigenvalue weighted by Crippen LogP contribution is -2.46. The maximum absolute atomic E-state index is 6.09. The molecule has 0 bridgehead atoms. The summed E-state index contributed by atoms with van der Waals surface area (Å²) in [4.78, 5) is 0. The summed E-state index contributed by atoms with van der Waals surface area (Å²) in [6, 6.07) is 0. The van der Waals surface area contributed by atoms with Crippen LogP contribution in [-0.4, -0.2) is 51.7 Å². The van der Waals surface area contributed by atoms with Crippen molar-refractivity contribution < 1.29 is 23.7 Å². The molecule has 2 unspecified atom stereocenters. The van der Waals surface area contributed by atoms with Crippen molar-refractivity contribution >= 4 is 0 Å². The molecule has 0 spiro atoms. The third-order valence-electron chi connectivity index (χ3n) is 5.24. The summed E-state index contributed by atoms with van der Waals surface area (Å²) >= 11 is 0. The Bertz CT molecular complexity index is 329. The van der Waals surface area contributed by atoms with Crippen molar-refractivity contribution in [2.45, 2.75) is 104 Å². The number of rotatable bonds is 21. The second kappa shape index (κ2) is 16.6. The summed E-state index contributed by atoms with van der Waals surface area (Å²) in [5, 5.41) is 0. The van der Waals surface area contributed by atoms with Gasteiger partial charge in [0.05, 0.1) is 13.2 Å². The molecule has 1 aliphatic heterocycles. The van der Waals surface area contributed by atoms with Crippen LogP contribution in [0.5, 0.6) is 0 Å². The Labute approximate surface area is 173 Å². The first-order valence-corrected chi connectivity index (χ1v) is 11.8. The van der Waals surface area contributed by atoms with E-state index in [1.54, 1.807) is 0 Å². The predicted molar refractivity (Wildman–Crippen MR) is 114 cm³/mol. The average Bonchev–Trinajstić information content (AvgIpc) is 3.50. The molecule has 2 atom stereocenters. The van der Waals surface area contributed by atoms with Crippen LogP contribution < -0.4 is 0 Å². The summed E-state index contributed by atoms with van der Waals surface area (Å²) in [6.45, 7) is 12.5. The van der Waals surface area contributed by atoms with Crippen LogP contribution >= 0.6 is 0 Å². The Balaban J connectivity index is 2.50. The zero-order valence-electron chi connectivity index (χ0n) is 19.0. The van der Waals surface area contributed by atoms with Gasteiger partial charge in [-0.2, -0.15) is 0 Å². The van der Waals surface area contributed by atoms with Crippen LogP contribution in [0.2, 0.25) is 0 Å². The number of hydrogen-bond acceptors (Lipinski definition) is 5. The maximum Gasteiger partial charge on any atom is 0.285 e. The standard InChI is InChI=1S/C23H46O5/c1-5-9-10-11-12-13-16-21(17-14-15-18-24-19-22-20-25-22)23(26-6-2,27-7-3)28-8-4/h21-22H,5-20H2,1-4H3. The molecule has 5 heteroatoms. The quantitative estimate of drug-likeness (QED) is 0.140. The third-order valence-corrected chi connectivity index (χ3v) is 5.24. The first-order chi connectivity index (χ1) is 13.7. The van der Waals surface area contributed by atoms with Crippen LogP contribution in [0, 0.1) is 5.92 Å². The maximum atomic E-state index is 6.09. The van der Waals surface area contributed by atoms with Crippen molar-refractivity contribution in [2.24, 2.45) is 5.92 Å². The van der Waals surface area contributed by atoms with E-state index in [0.717, 1.165) is 45.5 Å². The first-order valence-electron chi connectivity index (χ1n) is 11.8. The average molecular weight is 403 g/mol. The van der Waals surface area contributed by atoms with Crippen LogP contribution in [0.3, 0.4) is 0 Å². The minimum absolute atomic E-state index is 0.255. The van der Waals surface area contributed by atoms with Crippen molar-refractivity contribution in [2.75, 3.05) is 39.6 Å². The van der Waals surface area contributed by atoms with Gasteiger partial charge in [-0.3, -0.25) is 0 Å². The van der Waals surface area contributed by atoms with E-state index < -0.39 is 5.97 Å². The third kappa shape index (κ3) is 11.1. The Kier molecular flexibility index (Phi) is 15.3. The summed E-state index contributed by atoms with van der Waals surface area (Å²) in [5.74, 6) is -0.644. The van der Waals surface area contributed by atoms with Crippen molar-refractivity contribution in [1.29, 1.82) is 0 Å². The zero-order valence-corrected chi connectivity index (χ0v) is 19.0. The molecule has 0 aromatic carbocycles. The Morgan fingerprint density at radius 3 is 1.86 bits per heavy atom. The number of hydrogen-bond donors (Lipinski definition) is 0. The molecule has 1 aliphatic rings. The van der Waals surface area contributed by atoms with Crippen molar-refractivity contribution in [3.8, 4) is 0 Å². The molecule has 0 aliphatic carbocycles. The smallest absolute Gasteiger partial charge is 0.285 e. The largest absolute Gasteiger partial charge is 0.379 e. The molecule has 28 heavy (non-hydrogen) atoms. The summed E-state index contributed by atoms with van der Waals surface area (Å²) in [6.07, 6.45) is 12.4. The number of epoxide rings is 1. The van der Waals surface area contributed by atoms with E-state index in [1.165, 1.54) is 38.5 Å². The molecular formula is C23H46O5. The highest BCUT2D eigenvalue weighted by Gasteiger charge is 2.41. The summed E-state index contributed by atoms with van der Waals surface area (Å²) in [7, 11) is 0. The first kappa shape index (κ1) is 25.8. The molecule has 0 N–H and O–H groups in total. The van der Waals surface area contributed by atoms with Gasteiger partial charge in [0.15, 0.2) is 0 Å². The van der Waals surface area contributed by atoms with Crippen LogP contribution in [0.15, 0.2) is 0 Å². The topological polar surface area (TPSA) is 49.5 Å². The lowest BCUT2D eigenvalue weighted by atomic mass is 9.92. The van der Waals surface area contributed by atoms with Gasteiger partial charge in [-0.25, -0.2) is 0 Å². The Hall–Kier alpha value is -0.200. The normalized spacial score (nSPS) is 17.8.